The molecule has 1 aromatic heterocycles. The molecule has 0 aliphatic heterocycles. The fourth-order valence-corrected chi connectivity index (χ4v) is 5.27. The first-order valence-corrected chi connectivity index (χ1v) is 14.0. The maximum absolute atomic E-state index is 5.11. The van der Waals surface area contributed by atoms with Gasteiger partial charge >= 0.3 is 0 Å². The molecule has 0 saturated heterocycles. The maximum atomic E-state index is 5.11. The van der Waals surface area contributed by atoms with E-state index in [4.69, 9.17) is 10.1 Å². The average Bonchev–Trinajstić information content (AvgIpc) is 3.53. The Bertz CT molecular complexity index is 1860. The van der Waals surface area contributed by atoms with Gasteiger partial charge < -0.3 is 4.90 Å². The van der Waals surface area contributed by atoms with Crippen LogP contribution >= 0.6 is 0 Å². The van der Waals surface area contributed by atoms with Crippen LogP contribution in [-0.4, -0.2) is 14.8 Å². The van der Waals surface area contributed by atoms with Gasteiger partial charge in [-0.3, -0.25) is 0 Å². The number of hydrogen-bond acceptors (Lipinski definition) is 3. The maximum Gasteiger partial charge on any atom is 0.182 e. The van der Waals surface area contributed by atoms with Gasteiger partial charge in [-0.05, 0) is 59.7 Å². The summed E-state index contributed by atoms with van der Waals surface area (Å²) in [6, 6.07) is 58.4. The molecule has 4 nitrogen and oxygen atoms in total. The normalized spacial score (nSPS) is 10.9. The quantitative estimate of drug-likeness (QED) is 0.202. The first-order chi connectivity index (χ1) is 20.8. The van der Waals surface area contributed by atoms with Crippen LogP contribution in [0.3, 0.4) is 0 Å². The van der Waals surface area contributed by atoms with Crippen molar-refractivity contribution in [3.63, 3.8) is 0 Å². The second-order valence-corrected chi connectivity index (χ2v) is 9.97. The predicted molar refractivity (Wildman–Crippen MR) is 172 cm³/mol. The van der Waals surface area contributed by atoms with Crippen molar-refractivity contribution in [2.24, 2.45) is 0 Å². The third-order valence-electron chi connectivity index (χ3n) is 7.27. The molecule has 0 saturated carbocycles. The van der Waals surface area contributed by atoms with Gasteiger partial charge in [0.1, 0.15) is 0 Å². The van der Waals surface area contributed by atoms with Gasteiger partial charge in [0.2, 0.25) is 0 Å². The summed E-state index contributed by atoms with van der Waals surface area (Å²) in [6.07, 6.45) is 0. The lowest BCUT2D eigenvalue weighted by Crippen LogP contribution is -2.10. The zero-order chi connectivity index (χ0) is 28.1. The number of aromatic nitrogens is 3. The number of benzene rings is 6. The van der Waals surface area contributed by atoms with Crippen molar-refractivity contribution >= 4 is 17.1 Å². The molecule has 0 radical (unpaired) electrons. The Morgan fingerprint density at radius 1 is 0.405 bits per heavy atom. The van der Waals surface area contributed by atoms with E-state index < -0.39 is 0 Å². The highest BCUT2D eigenvalue weighted by Gasteiger charge is 2.19. The Morgan fingerprint density at radius 3 is 1.43 bits per heavy atom. The van der Waals surface area contributed by atoms with E-state index in [0.29, 0.717) is 5.82 Å². The third-order valence-corrected chi connectivity index (χ3v) is 7.27. The summed E-state index contributed by atoms with van der Waals surface area (Å²) >= 11 is 0. The highest BCUT2D eigenvalue weighted by molar-refractivity contribution is 5.82. The Balaban J connectivity index is 1.36. The summed E-state index contributed by atoms with van der Waals surface area (Å²) < 4.78 is 1.96. The molecule has 0 bridgehead atoms. The molecule has 6 aromatic carbocycles. The Morgan fingerprint density at radius 2 is 0.857 bits per heavy atom. The van der Waals surface area contributed by atoms with Crippen LogP contribution in [-0.2, 0) is 0 Å². The minimum absolute atomic E-state index is 0.688. The molecule has 0 aliphatic rings. The van der Waals surface area contributed by atoms with Crippen LogP contribution in [0, 0.1) is 0 Å². The zero-order valence-corrected chi connectivity index (χ0v) is 23.0. The predicted octanol–water partition coefficient (Wildman–Crippen LogP) is 9.74. The first-order valence-electron chi connectivity index (χ1n) is 14.0. The molecule has 1 heterocycles. The van der Waals surface area contributed by atoms with Crippen molar-refractivity contribution in [2.45, 2.75) is 0 Å². The molecule has 0 fully saturated rings. The summed E-state index contributed by atoms with van der Waals surface area (Å²) in [6.45, 7) is 0. The van der Waals surface area contributed by atoms with Crippen molar-refractivity contribution < 1.29 is 0 Å². The molecule has 7 aromatic rings. The van der Waals surface area contributed by atoms with Crippen molar-refractivity contribution in [1.82, 2.24) is 14.8 Å². The molecule has 7 rings (SSSR count). The monoisotopic (exact) mass is 540 g/mol. The van der Waals surface area contributed by atoms with Crippen LogP contribution in [0.5, 0.6) is 0 Å². The van der Waals surface area contributed by atoms with E-state index in [9.17, 15) is 0 Å². The molecule has 0 N–H and O–H groups in total. The van der Waals surface area contributed by atoms with E-state index in [2.05, 4.69) is 126 Å². The second-order valence-electron chi connectivity index (χ2n) is 9.97. The van der Waals surface area contributed by atoms with Crippen molar-refractivity contribution in [1.29, 1.82) is 0 Å². The van der Waals surface area contributed by atoms with Crippen LogP contribution in [0.1, 0.15) is 0 Å². The molecular formula is C38H28N4. The van der Waals surface area contributed by atoms with Gasteiger partial charge in [-0.1, -0.05) is 121 Å². The second kappa shape index (κ2) is 11.4. The van der Waals surface area contributed by atoms with E-state index in [0.717, 1.165) is 50.8 Å². The molecular weight excluding hydrogens is 512 g/mol. The Kier molecular flexibility index (Phi) is 6.85. The lowest BCUT2D eigenvalue weighted by Gasteiger charge is -2.25. The SMILES string of the molecule is c1ccc(-c2nc(-c3ccccc3-c3ccccc3)n(-c3ccc(N(c4ccccc4)c4ccccc4)cc3)n2)cc1. The summed E-state index contributed by atoms with van der Waals surface area (Å²) in [5.41, 5.74) is 8.45. The minimum Gasteiger partial charge on any atom is -0.311 e. The Labute approximate surface area is 245 Å². The lowest BCUT2D eigenvalue weighted by atomic mass is 9.99. The van der Waals surface area contributed by atoms with E-state index in [1.165, 1.54) is 0 Å². The number of hydrogen-bond donors (Lipinski definition) is 0. The summed E-state index contributed by atoms with van der Waals surface area (Å²) in [5, 5.41) is 5.04. The molecule has 0 aliphatic carbocycles. The summed E-state index contributed by atoms with van der Waals surface area (Å²) in [4.78, 5) is 7.36. The zero-order valence-electron chi connectivity index (χ0n) is 23.0. The number of rotatable bonds is 7. The number of nitrogens with zero attached hydrogens (tertiary/aromatic N) is 4. The van der Waals surface area contributed by atoms with Gasteiger partial charge in [0.15, 0.2) is 11.6 Å². The van der Waals surface area contributed by atoms with Gasteiger partial charge in [0, 0.05) is 28.2 Å². The summed E-state index contributed by atoms with van der Waals surface area (Å²) in [7, 11) is 0. The third kappa shape index (κ3) is 4.98. The van der Waals surface area contributed by atoms with Crippen LogP contribution < -0.4 is 4.90 Å². The fraction of sp³-hybridized carbons (Fsp3) is 0. The molecule has 200 valence electrons. The number of anilines is 3. The largest absolute Gasteiger partial charge is 0.311 e. The molecule has 0 unspecified atom stereocenters. The van der Waals surface area contributed by atoms with E-state index >= 15 is 0 Å². The van der Waals surface area contributed by atoms with Gasteiger partial charge in [-0.15, -0.1) is 5.10 Å². The van der Waals surface area contributed by atoms with Crippen LogP contribution in [0.4, 0.5) is 17.1 Å². The number of para-hydroxylation sites is 2. The molecule has 0 spiro atoms. The lowest BCUT2D eigenvalue weighted by molar-refractivity contribution is 0.890. The smallest absolute Gasteiger partial charge is 0.182 e. The van der Waals surface area contributed by atoms with Crippen LogP contribution in [0.15, 0.2) is 170 Å². The Hall–Kier alpha value is -5.74. The standard InChI is InChI=1S/C38H28N4/c1-5-15-29(16-6-1)35-23-13-14-24-36(35)38-39-37(30-17-7-2-8-18-30)40-42(38)34-27-25-33(26-28-34)41(31-19-9-3-10-20-31)32-21-11-4-12-22-32/h1-28H. The van der Waals surface area contributed by atoms with Crippen molar-refractivity contribution in [3.05, 3.63) is 170 Å². The molecule has 0 atom stereocenters. The molecule has 4 heteroatoms. The van der Waals surface area contributed by atoms with Crippen LogP contribution in [0.2, 0.25) is 0 Å². The van der Waals surface area contributed by atoms with Crippen molar-refractivity contribution in [3.8, 4) is 39.6 Å². The highest BCUT2D eigenvalue weighted by Crippen LogP contribution is 2.36. The minimum atomic E-state index is 0.688. The molecule has 0 amide bonds. The van der Waals surface area contributed by atoms with Gasteiger partial charge in [-0.2, -0.15) is 0 Å². The topological polar surface area (TPSA) is 34.0 Å². The first kappa shape index (κ1) is 25.2. The van der Waals surface area contributed by atoms with E-state index in [-0.39, 0.29) is 0 Å². The van der Waals surface area contributed by atoms with E-state index in [1.807, 2.05) is 53.2 Å². The van der Waals surface area contributed by atoms with Gasteiger partial charge in [0.05, 0.1) is 5.69 Å². The fourth-order valence-electron chi connectivity index (χ4n) is 5.27. The van der Waals surface area contributed by atoms with Gasteiger partial charge in [-0.25, -0.2) is 9.67 Å². The van der Waals surface area contributed by atoms with E-state index in [1.54, 1.807) is 0 Å². The highest BCUT2D eigenvalue weighted by atomic mass is 15.4. The summed E-state index contributed by atoms with van der Waals surface area (Å²) in [5.74, 6) is 1.48. The van der Waals surface area contributed by atoms with Crippen molar-refractivity contribution in [2.75, 3.05) is 4.90 Å². The average molecular weight is 541 g/mol. The van der Waals surface area contributed by atoms with Crippen LogP contribution in [0.25, 0.3) is 39.6 Å². The van der Waals surface area contributed by atoms with Gasteiger partial charge in [0.25, 0.3) is 0 Å². The molecule has 42 heavy (non-hydrogen) atoms.